The molecule has 0 bridgehead atoms. The summed E-state index contributed by atoms with van der Waals surface area (Å²) in [6.07, 6.45) is 0. The SMILES string of the molecule is NC(=O)c1ccc(Oc2ccccc2)cc1Cl. The molecular formula is C13H10ClNO2. The van der Waals surface area contributed by atoms with Gasteiger partial charge in [0.25, 0.3) is 0 Å². The Morgan fingerprint density at radius 3 is 2.35 bits per heavy atom. The molecule has 0 aliphatic rings. The van der Waals surface area contributed by atoms with Crippen molar-refractivity contribution in [2.45, 2.75) is 0 Å². The number of hydrogen-bond acceptors (Lipinski definition) is 2. The third kappa shape index (κ3) is 2.77. The van der Waals surface area contributed by atoms with E-state index in [9.17, 15) is 4.79 Å². The molecule has 0 atom stereocenters. The number of para-hydroxylation sites is 1. The van der Waals surface area contributed by atoms with Crippen molar-refractivity contribution in [2.24, 2.45) is 5.73 Å². The Bertz CT molecular complexity index is 540. The van der Waals surface area contributed by atoms with Gasteiger partial charge in [-0.1, -0.05) is 29.8 Å². The number of nitrogens with two attached hydrogens (primary N) is 1. The molecule has 2 rings (SSSR count). The first kappa shape index (κ1) is 11.5. The zero-order chi connectivity index (χ0) is 12.3. The van der Waals surface area contributed by atoms with Crippen molar-refractivity contribution in [3.05, 3.63) is 59.1 Å². The van der Waals surface area contributed by atoms with Gasteiger partial charge in [-0.3, -0.25) is 4.79 Å². The van der Waals surface area contributed by atoms with E-state index in [0.29, 0.717) is 11.5 Å². The van der Waals surface area contributed by atoms with Crippen molar-refractivity contribution >= 4 is 17.5 Å². The number of carbonyl (C=O) groups is 1. The molecule has 0 unspecified atom stereocenters. The van der Waals surface area contributed by atoms with Crippen LogP contribution < -0.4 is 10.5 Å². The fourth-order valence-corrected chi connectivity index (χ4v) is 1.65. The summed E-state index contributed by atoms with van der Waals surface area (Å²) in [5.74, 6) is 0.711. The summed E-state index contributed by atoms with van der Waals surface area (Å²) in [5, 5.41) is 0.283. The minimum atomic E-state index is -0.554. The molecule has 1 amide bonds. The Balaban J connectivity index is 2.24. The van der Waals surface area contributed by atoms with E-state index in [1.54, 1.807) is 18.2 Å². The van der Waals surface area contributed by atoms with Gasteiger partial charge in [-0.15, -0.1) is 0 Å². The van der Waals surface area contributed by atoms with Gasteiger partial charge in [-0.05, 0) is 24.3 Å². The highest BCUT2D eigenvalue weighted by atomic mass is 35.5. The number of hydrogen-bond donors (Lipinski definition) is 1. The highest BCUT2D eigenvalue weighted by molar-refractivity contribution is 6.33. The molecule has 0 saturated heterocycles. The molecule has 0 saturated carbocycles. The van der Waals surface area contributed by atoms with Crippen LogP contribution in [0, 0.1) is 0 Å². The lowest BCUT2D eigenvalue weighted by Crippen LogP contribution is -2.11. The van der Waals surface area contributed by atoms with Crippen molar-refractivity contribution in [2.75, 3.05) is 0 Å². The second-order valence-corrected chi connectivity index (χ2v) is 3.83. The fraction of sp³-hybridized carbons (Fsp3) is 0. The van der Waals surface area contributed by atoms with Crippen molar-refractivity contribution in [1.82, 2.24) is 0 Å². The van der Waals surface area contributed by atoms with E-state index < -0.39 is 5.91 Å². The molecular weight excluding hydrogens is 238 g/mol. The van der Waals surface area contributed by atoms with Crippen LogP contribution >= 0.6 is 11.6 Å². The lowest BCUT2D eigenvalue weighted by molar-refractivity contribution is 0.100. The van der Waals surface area contributed by atoms with E-state index in [4.69, 9.17) is 22.1 Å². The summed E-state index contributed by atoms with van der Waals surface area (Å²) >= 11 is 5.91. The topological polar surface area (TPSA) is 52.3 Å². The van der Waals surface area contributed by atoms with E-state index in [-0.39, 0.29) is 10.6 Å². The Labute approximate surface area is 104 Å². The summed E-state index contributed by atoms with van der Waals surface area (Å²) in [5.41, 5.74) is 5.44. The van der Waals surface area contributed by atoms with Gasteiger partial charge < -0.3 is 10.5 Å². The second kappa shape index (κ2) is 4.89. The fourth-order valence-electron chi connectivity index (χ4n) is 1.38. The minimum absolute atomic E-state index is 0.283. The molecule has 4 heteroatoms. The van der Waals surface area contributed by atoms with Gasteiger partial charge >= 0.3 is 0 Å². The summed E-state index contributed by atoms with van der Waals surface area (Å²) in [6.45, 7) is 0. The molecule has 2 aromatic rings. The lowest BCUT2D eigenvalue weighted by atomic mass is 10.2. The van der Waals surface area contributed by atoms with Crippen molar-refractivity contribution < 1.29 is 9.53 Å². The van der Waals surface area contributed by atoms with Crippen LogP contribution in [-0.2, 0) is 0 Å². The molecule has 0 spiro atoms. The first-order valence-electron chi connectivity index (χ1n) is 4.99. The van der Waals surface area contributed by atoms with Gasteiger partial charge in [0, 0.05) is 6.07 Å². The maximum atomic E-state index is 11.0. The molecule has 0 heterocycles. The predicted molar refractivity (Wildman–Crippen MR) is 66.5 cm³/mol. The monoisotopic (exact) mass is 247 g/mol. The maximum absolute atomic E-state index is 11.0. The normalized spacial score (nSPS) is 9.94. The molecule has 17 heavy (non-hydrogen) atoms. The maximum Gasteiger partial charge on any atom is 0.250 e. The summed E-state index contributed by atoms with van der Waals surface area (Å²) < 4.78 is 5.56. The number of benzene rings is 2. The van der Waals surface area contributed by atoms with Gasteiger partial charge in [0.05, 0.1) is 10.6 Å². The van der Waals surface area contributed by atoms with Crippen LogP contribution in [0.1, 0.15) is 10.4 Å². The van der Waals surface area contributed by atoms with Crippen molar-refractivity contribution in [1.29, 1.82) is 0 Å². The van der Waals surface area contributed by atoms with Crippen molar-refractivity contribution in [3.8, 4) is 11.5 Å². The van der Waals surface area contributed by atoms with E-state index in [2.05, 4.69) is 0 Å². The smallest absolute Gasteiger partial charge is 0.250 e. The summed E-state index contributed by atoms with van der Waals surface area (Å²) in [4.78, 5) is 11.0. The van der Waals surface area contributed by atoms with Gasteiger partial charge in [-0.2, -0.15) is 0 Å². The highest BCUT2D eigenvalue weighted by Crippen LogP contribution is 2.26. The Morgan fingerprint density at radius 1 is 1.06 bits per heavy atom. The first-order valence-corrected chi connectivity index (χ1v) is 5.37. The van der Waals surface area contributed by atoms with Gasteiger partial charge in [0.1, 0.15) is 11.5 Å². The molecule has 0 aliphatic heterocycles. The number of halogens is 1. The quantitative estimate of drug-likeness (QED) is 0.905. The second-order valence-electron chi connectivity index (χ2n) is 3.42. The molecule has 0 fully saturated rings. The highest BCUT2D eigenvalue weighted by Gasteiger charge is 2.07. The van der Waals surface area contributed by atoms with Crippen LogP contribution in [0.4, 0.5) is 0 Å². The van der Waals surface area contributed by atoms with Crippen molar-refractivity contribution in [3.63, 3.8) is 0 Å². The zero-order valence-corrected chi connectivity index (χ0v) is 9.65. The largest absolute Gasteiger partial charge is 0.457 e. The Morgan fingerprint density at radius 2 is 1.76 bits per heavy atom. The van der Waals surface area contributed by atoms with Gasteiger partial charge in [0.15, 0.2) is 0 Å². The van der Waals surface area contributed by atoms with E-state index in [0.717, 1.165) is 0 Å². The van der Waals surface area contributed by atoms with Gasteiger partial charge in [-0.25, -0.2) is 0 Å². The van der Waals surface area contributed by atoms with E-state index >= 15 is 0 Å². The standard InChI is InChI=1S/C13H10ClNO2/c14-12-8-10(6-7-11(12)13(15)16)17-9-4-2-1-3-5-9/h1-8H,(H2,15,16). The average molecular weight is 248 g/mol. The van der Waals surface area contributed by atoms with Gasteiger partial charge in [0.2, 0.25) is 5.91 Å². The van der Waals surface area contributed by atoms with E-state index in [1.807, 2.05) is 30.3 Å². The number of carbonyl (C=O) groups excluding carboxylic acids is 1. The van der Waals surface area contributed by atoms with E-state index in [1.165, 1.54) is 0 Å². The molecule has 3 nitrogen and oxygen atoms in total. The Hall–Kier alpha value is -2.00. The number of primary amides is 1. The lowest BCUT2D eigenvalue weighted by Gasteiger charge is -2.07. The molecule has 0 aliphatic carbocycles. The Kier molecular flexibility index (Phi) is 3.30. The third-order valence-electron chi connectivity index (χ3n) is 2.18. The zero-order valence-electron chi connectivity index (χ0n) is 8.89. The molecule has 2 aromatic carbocycles. The molecule has 2 N–H and O–H groups in total. The molecule has 86 valence electrons. The number of rotatable bonds is 3. The van der Waals surface area contributed by atoms with Crippen LogP contribution in [-0.4, -0.2) is 5.91 Å². The first-order chi connectivity index (χ1) is 8.16. The molecule has 0 aromatic heterocycles. The average Bonchev–Trinajstić information content (AvgIpc) is 2.30. The molecule has 0 radical (unpaired) electrons. The predicted octanol–water partition coefficient (Wildman–Crippen LogP) is 3.23. The number of ether oxygens (including phenoxy) is 1. The van der Waals surface area contributed by atoms with Crippen LogP contribution in [0.3, 0.4) is 0 Å². The summed E-state index contributed by atoms with van der Waals surface area (Å²) in [6, 6.07) is 14.1. The summed E-state index contributed by atoms with van der Waals surface area (Å²) in [7, 11) is 0. The third-order valence-corrected chi connectivity index (χ3v) is 2.50. The van der Waals surface area contributed by atoms with Crippen LogP contribution in [0.2, 0.25) is 5.02 Å². The van der Waals surface area contributed by atoms with Crippen LogP contribution in [0.15, 0.2) is 48.5 Å². The minimum Gasteiger partial charge on any atom is -0.457 e. The number of amides is 1. The van der Waals surface area contributed by atoms with Crippen LogP contribution in [0.5, 0.6) is 11.5 Å². The van der Waals surface area contributed by atoms with Crippen LogP contribution in [0.25, 0.3) is 0 Å².